The summed E-state index contributed by atoms with van der Waals surface area (Å²) in [6.45, 7) is 4.98. The highest BCUT2D eigenvalue weighted by Gasteiger charge is 2.21. The summed E-state index contributed by atoms with van der Waals surface area (Å²) in [5.41, 5.74) is 4.10. The van der Waals surface area contributed by atoms with Gasteiger partial charge in [0.1, 0.15) is 0 Å². The minimum Gasteiger partial charge on any atom is -0.376 e. The molecule has 2 N–H and O–H groups in total. The van der Waals surface area contributed by atoms with Crippen molar-refractivity contribution in [2.24, 2.45) is 5.92 Å². The van der Waals surface area contributed by atoms with Crippen LogP contribution in [0.4, 0.5) is 11.4 Å². The van der Waals surface area contributed by atoms with Gasteiger partial charge in [0, 0.05) is 23.5 Å². The molecular weight excluding hydrogens is 436 g/mol. The van der Waals surface area contributed by atoms with E-state index in [4.69, 9.17) is 4.74 Å². The monoisotopic (exact) mass is 464 g/mol. The predicted octanol–water partition coefficient (Wildman–Crippen LogP) is 5.28. The Morgan fingerprint density at radius 1 is 0.970 bits per heavy atom. The van der Waals surface area contributed by atoms with Gasteiger partial charge in [0.2, 0.25) is 0 Å². The van der Waals surface area contributed by atoms with E-state index in [1.54, 1.807) is 31.2 Å². The van der Waals surface area contributed by atoms with E-state index in [1.807, 2.05) is 37.3 Å². The molecule has 1 amide bonds. The normalized spacial score (nSPS) is 13.5. The van der Waals surface area contributed by atoms with Crippen molar-refractivity contribution < 1.29 is 17.9 Å². The number of rotatable bonds is 9. The number of benzene rings is 3. The molecule has 6 nitrogen and oxygen atoms in total. The molecule has 0 bridgehead atoms. The maximum Gasteiger partial charge on any atom is 0.261 e. The first-order chi connectivity index (χ1) is 15.8. The van der Waals surface area contributed by atoms with E-state index in [9.17, 15) is 13.2 Å². The molecule has 33 heavy (non-hydrogen) atoms. The molecule has 172 valence electrons. The Bertz CT molecular complexity index is 1250. The van der Waals surface area contributed by atoms with Crippen LogP contribution in [0.2, 0.25) is 0 Å². The van der Waals surface area contributed by atoms with Crippen molar-refractivity contribution in [3.05, 3.63) is 89.0 Å². The van der Waals surface area contributed by atoms with Gasteiger partial charge in [-0.2, -0.15) is 0 Å². The molecule has 0 radical (unpaired) electrons. The zero-order valence-electron chi connectivity index (χ0n) is 18.8. The molecule has 0 heterocycles. The van der Waals surface area contributed by atoms with Gasteiger partial charge in [0.15, 0.2) is 0 Å². The van der Waals surface area contributed by atoms with E-state index in [1.165, 1.54) is 25.0 Å². The van der Waals surface area contributed by atoms with Crippen molar-refractivity contribution >= 4 is 27.3 Å². The van der Waals surface area contributed by atoms with Gasteiger partial charge in [-0.3, -0.25) is 9.52 Å². The van der Waals surface area contributed by atoms with E-state index in [2.05, 4.69) is 10.0 Å². The number of hydrogen-bond donors (Lipinski definition) is 2. The van der Waals surface area contributed by atoms with E-state index in [0.717, 1.165) is 17.7 Å². The summed E-state index contributed by atoms with van der Waals surface area (Å²) in [5, 5.41) is 2.88. The smallest absolute Gasteiger partial charge is 0.261 e. The minimum absolute atomic E-state index is 0.0288. The molecule has 0 atom stereocenters. The van der Waals surface area contributed by atoms with Gasteiger partial charge in [0.25, 0.3) is 15.9 Å². The molecule has 3 aromatic rings. The second-order valence-electron chi connectivity index (χ2n) is 8.56. The standard InChI is InChI=1S/C26H28N2O4S/c1-18-6-11-22(12-7-18)28-33(30,31)24-13-8-19(2)25(15-24)26(29)27-23-5-3-4-21(14-23)17-32-16-20-9-10-20/h3-8,11-15,20,28H,9-10,16-17H2,1-2H3,(H,27,29). The summed E-state index contributed by atoms with van der Waals surface area (Å²) >= 11 is 0. The van der Waals surface area contributed by atoms with Gasteiger partial charge < -0.3 is 10.1 Å². The molecule has 1 aliphatic carbocycles. The summed E-state index contributed by atoms with van der Waals surface area (Å²) < 4.78 is 34.0. The molecule has 0 saturated heterocycles. The maximum absolute atomic E-state index is 13.0. The maximum atomic E-state index is 13.0. The van der Waals surface area contributed by atoms with Crippen LogP contribution in [0.5, 0.6) is 0 Å². The van der Waals surface area contributed by atoms with Crippen molar-refractivity contribution in [1.29, 1.82) is 0 Å². The lowest BCUT2D eigenvalue weighted by Crippen LogP contribution is -2.17. The number of ether oxygens (including phenoxy) is 1. The molecule has 3 aromatic carbocycles. The summed E-state index contributed by atoms with van der Waals surface area (Å²) in [7, 11) is -3.84. The molecule has 1 saturated carbocycles. The van der Waals surface area contributed by atoms with Crippen LogP contribution in [-0.4, -0.2) is 20.9 Å². The topological polar surface area (TPSA) is 84.5 Å². The van der Waals surface area contributed by atoms with Crippen LogP contribution in [0.3, 0.4) is 0 Å². The lowest BCUT2D eigenvalue weighted by atomic mass is 10.1. The van der Waals surface area contributed by atoms with Crippen LogP contribution in [0.25, 0.3) is 0 Å². The molecule has 1 aliphatic rings. The third-order valence-corrected chi connectivity index (χ3v) is 6.95. The van der Waals surface area contributed by atoms with Gasteiger partial charge in [-0.15, -0.1) is 0 Å². The van der Waals surface area contributed by atoms with E-state index in [0.29, 0.717) is 35.0 Å². The van der Waals surface area contributed by atoms with Gasteiger partial charge in [-0.05, 0) is 80.1 Å². The number of carbonyl (C=O) groups excluding carboxylic acids is 1. The number of carbonyl (C=O) groups is 1. The van der Waals surface area contributed by atoms with Crippen molar-refractivity contribution in [3.8, 4) is 0 Å². The van der Waals surface area contributed by atoms with Crippen LogP contribution in [0, 0.1) is 19.8 Å². The van der Waals surface area contributed by atoms with E-state index >= 15 is 0 Å². The fourth-order valence-electron chi connectivity index (χ4n) is 3.41. The Morgan fingerprint density at radius 3 is 2.45 bits per heavy atom. The molecule has 0 aromatic heterocycles. The highest BCUT2D eigenvalue weighted by molar-refractivity contribution is 7.92. The number of aryl methyl sites for hydroxylation is 2. The van der Waals surface area contributed by atoms with Crippen molar-refractivity contribution in [3.63, 3.8) is 0 Å². The first kappa shape index (κ1) is 23.0. The third-order valence-electron chi connectivity index (χ3n) is 5.57. The SMILES string of the molecule is Cc1ccc(NS(=O)(=O)c2ccc(C)c(C(=O)Nc3cccc(COCC4CC4)c3)c2)cc1. The number of sulfonamides is 1. The average molecular weight is 465 g/mol. The lowest BCUT2D eigenvalue weighted by molar-refractivity contribution is 0.102. The number of anilines is 2. The molecular formula is C26H28N2O4S. The molecule has 4 rings (SSSR count). The quantitative estimate of drug-likeness (QED) is 0.451. The Labute approximate surface area is 195 Å². The molecule has 1 fully saturated rings. The molecule has 0 aliphatic heterocycles. The van der Waals surface area contributed by atoms with Gasteiger partial charge in [-0.25, -0.2) is 8.42 Å². The second kappa shape index (κ2) is 9.77. The lowest BCUT2D eigenvalue weighted by Gasteiger charge is -2.12. The zero-order valence-corrected chi connectivity index (χ0v) is 19.6. The van der Waals surface area contributed by atoms with Crippen LogP contribution < -0.4 is 10.0 Å². The number of amides is 1. The van der Waals surface area contributed by atoms with E-state index < -0.39 is 10.0 Å². The first-order valence-electron chi connectivity index (χ1n) is 11.0. The van der Waals surface area contributed by atoms with Gasteiger partial charge >= 0.3 is 0 Å². The molecule has 0 spiro atoms. The summed E-state index contributed by atoms with van der Waals surface area (Å²) in [5.74, 6) is 0.329. The van der Waals surface area contributed by atoms with E-state index in [-0.39, 0.29) is 10.8 Å². The highest BCUT2D eigenvalue weighted by Crippen LogP contribution is 2.29. The van der Waals surface area contributed by atoms with Crippen LogP contribution in [0.15, 0.2) is 71.6 Å². The minimum atomic E-state index is -3.84. The summed E-state index contributed by atoms with van der Waals surface area (Å²) in [6.07, 6.45) is 2.48. The number of hydrogen-bond acceptors (Lipinski definition) is 4. The van der Waals surface area contributed by atoms with Crippen LogP contribution >= 0.6 is 0 Å². The summed E-state index contributed by atoms with van der Waals surface area (Å²) in [6, 6.07) is 19.1. The Balaban J connectivity index is 1.47. The fourth-order valence-corrected chi connectivity index (χ4v) is 4.50. The molecule has 7 heteroatoms. The predicted molar refractivity (Wildman–Crippen MR) is 130 cm³/mol. The zero-order chi connectivity index (χ0) is 23.4. The largest absolute Gasteiger partial charge is 0.376 e. The van der Waals surface area contributed by atoms with Crippen molar-refractivity contribution in [2.75, 3.05) is 16.6 Å². The van der Waals surface area contributed by atoms with Crippen molar-refractivity contribution in [1.82, 2.24) is 0 Å². The average Bonchev–Trinajstić information content (AvgIpc) is 3.60. The van der Waals surface area contributed by atoms with Crippen LogP contribution in [-0.2, 0) is 21.4 Å². The van der Waals surface area contributed by atoms with Gasteiger partial charge in [-0.1, -0.05) is 35.9 Å². The first-order valence-corrected chi connectivity index (χ1v) is 12.5. The Kier molecular flexibility index (Phi) is 6.81. The summed E-state index contributed by atoms with van der Waals surface area (Å²) in [4.78, 5) is 13.0. The number of nitrogens with one attached hydrogen (secondary N) is 2. The Morgan fingerprint density at radius 2 is 1.73 bits per heavy atom. The third kappa shape index (κ3) is 6.21. The van der Waals surface area contributed by atoms with Gasteiger partial charge in [0.05, 0.1) is 11.5 Å². The Hall–Kier alpha value is -3.16. The highest BCUT2D eigenvalue weighted by atomic mass is 32.2. The van der Waals surface area contributed by atoms with Crippen molar-refractivity contribution in [2.45, 2.75) is 38.2 Å². The fraction of sp³-hybridized carbons (Fsp3) is 0.269. The molecule has 0 unspecified atom stereocenters. The second-order valence-corrected chi connectivity index (χ2v) is 10.2. The van der Waals surface area contributed by atoms with Crippen LogP contribution in [0.1, 0.15) is 39.9 Å².